The largest absolute Gasteiger partial charge is 0.347 e. The summed E-state index contributed by atoms with van der Waals surface area (Å²) in [5.41, 5.74) is -0.0469. The zero-order valence-electron chi connectivity index (χ0n) is 9.02. The van der Waals surface area contributed by atoms with Gasteiger partial charge in [0.25, 0.3) is 0 Å². The number of carbonyl (C=O) groups excluding carboxylic acids is 1. The molecule has 0 aliphatic rings. The zero-order chi connectivity index (χ0) is 10.3. The van der Waals surface area contributed by atoms with Gasteiger partial charge in [0.15, 0.2) is 0 Å². The lowest BCUT2D eigenvalue weighted by Crippen LogP contribution is -2.45. The van der Waals surface area contributed by atoms with Crippen molar-refractivity contribution in [3.63, 3.8) is 0 Å². The molecule has 0 aromatic carbocycles. The molecule has 0 atom stereocenters. The van der Waals surface area contributed by atoms with Crippen LogP contribution in [0.2, 0.25) is 0 Å². The first-order valence-electron chi connectivity index (χ1n) is 5.02. The summed E-state index contributed by atoms with van der Waals surface area (Å²) in [5, 5.41) is 2.99. The lowest BCUT2D eigenvalue weighted by Gasteiger charge is -2.29. The molecule has 1 amide bonds. The van der Waals surface area contributed by atoms with Gasteiger partial charge in [-0.2, -0.15) is 0 Å². The highest BCUT2D eigenvalue weighted by molar-refractivity contribution is 5.87. The lowest BCUT2D eigenvalue weighted by molar-refractivity contribution is -0.118. The predicted molar refractivity (Wildman–Crippen MR) is 56.6 cm³/mol. The van der Waals surface area contributed by atoms with Gasteiger partial charge in [-0.1, -0.05) is 33.3 Å². The Hall–Kier alpha value is -0.790. The molecule has 0 unspecified atom stereocenters. The topological polar surface area (TPSA) is 29.1 Å². The van der Waals surface area contributed by atoms with Crippen LogP contribution in [0, 0.1) is 0 Å². The molecule has 0 aromatic heterocycles. The van der Waals surface area contributed by atoms with E-state index in [2.05, 4.69) is 32.7 Å². The summed E-state index contributed by atoms with van der Waals surface area (Å²) in [6.45, 7) is 9.82. The van der Waals surface area contributed by atoms with Crippen LogP contribution in [-0.2, 0) is 4.79 Å². The van der Waals surface area contributed by atoms with Gasteiger partial charge in [-0.3, -0.25) is 4.79 Å². The fourth-order valence-corrected chi connectivity index (χ4v) is 1.70. The lowest BCUT2D eigenvalue weighted by atomic mass is 9.91. The molecule has 0 radical (unpaired) electrons. The standard InChI is InChI=1S/C11H21NO/c1-5-8-11(4,9-6-2)12-10(13)7-3/h7H,3,5-6,8-9H2,1-2,4H3,(H,12,13). The van der Waals surface area contributed by atoms with Gasteiger partial charge in [-0.25, -0.2) is 0 Å². The molecular weight excluding hydrogens is 162 g/mol. The van der Waals surface area contributed by atoms with Gasteiger partial charge in [0.2, 0.25) is 5.91 Å². The third-order valence-corrected chi connectivity index (χ3v) is 2.21. The van der Waals surface area contributed by atoms with Crippen molar-refractivity contribution in [2.24, 2.45) is 0 Å². The van der Waals surface area contributed by atoms with E-state index in [-0.39, 0.29) is 11.4 Å². The predicted octanol–water partition coefficient (Wildman–Crippen LogP) is 2.65. The first-order valence-corrected chi connectivity index (χ1v) is 5.02. The quantitative estimate of drug-likeness (QED) is 0.630. The first-order chi connectivity index (χ1) is 6.08. The number of hydrogen-bond donors (Lipinski definition) is 1. The molecule has 0 aromatic rings. The van der Waals surface area contributed by atoms with Gasteiger partial charge in [0.05, 0.1) is 0 Å². The highest BCUT2D eigenvalue weighted by Crippen LogP contribution is 2.18. The van der Waals surface area contributed by atoms with E-state index in [9.17, 15) is 4.79 Å². The Morgan fingerprint density at radius 1 is 1.38 bits per heavy atom. The first kappa shape index (κ1) is 12.2. The summed E-state index contributed by atoms with van der Waals surface area (Å²) < 4.78 is 0. The third kappa shape index (κ3) is 4.71. The van der Waals surface area contributed by atoms with Crippen molar-refractivity contribution in [1.29, 1.82) is 0 Å². The molecule has 0 rings (SSSR count). The third-order valence-electron chi connectivity index (χ3n) is 2.21. The maximum atomic E-state index is 11.1. The molecule has 13 heavy (non-hydrogen) atoms. The Morgan fingerprint density at radius 2 is 1.85 bits per heavy atom. The molecule has 0 aliphatic carbocycles. The summed E-state index contributed by atoms with van der Waals surface area (Å²) in [5.74, 6) is -0.0654. The van der Waals surface area contributed by atoms with Crippen molar-refractivity contribution in [1.82, 2.24) is 5.32 Å². The monoisotopic (exact) mass is 183 g/mol. The smallest absolute Gasteiger partial charge is 0.243 e. The minimum atomic E-state index is -0.0654. The van der Waals surface area contributed by atoms with E-state index in [4.69, 9.17) is 0 Å². The van der Waals surface area contributed by atoms with E-state index >= 15 is 0 Å². The SMILES string of the molecule is C=CC(=O)NC(C)(CCC)CCC. The van der Waals surface area contributed by atoms with Crippen LogP contribution in [0.25, 0.3) is 0 Å². The van der Waals surface area contributed by atoms with E-state index in [1.807, 2.05) is 0 Å². The Balaban J connectivity index is 4.21. The molecule has 2 nitrogen and oxygen atoms in total. The molecule has 0 spiro atoms. The van der Waals surface area contributed by atoms with Gasteiger partial charge in [-0.15, -0.1) is 0 Å². The van der Waals surface area contributed by atoms with Crippen LogP contribution in [0.1, 0.15) is 46.5 Å². The molecule has 0 aliphatic heterocycles. The van der Waals surface area contributed by atoms with E-state index in [0.717, 1.165) is 25.7 Å². The second-order valence-electron chi connectivity index (χ2n) is 3.75. The second-order valence-corrected chi connectivity index (χ2v) is 3.75. The van der Waals surface area contributed by atoms with Crippen molar-refractivity contribution in [3.8, 4) is 0 Å². The second kappa shape index (κ2) is 5.79. The van der Waals surface area contributed by atoms with Crippen LogP contribution in [0.5, 0.6) is 0 Å². The average Bonchev–Trinajstić information content (AvgIpc) is 2.04. The Bertz CT molecular complexity index is 169. The van der Waals surface area contributed by atoms with Crippen molar-refractivity contribution in [2.75, 3.05) is 0 Å². The van der Waals surface area contributed by atoms with Crippen molar-refractivity contribution >= 4 is 5.91 Å². The van der Waals surface area contributed by atoms with Crippen LogP contribution >= 0.6 is 0 Å². The summed E-state index contributed by atoms with van der Waals surface area (Å²) in [6, 6.07) is 0. The number of hydrogen-bond acceptors (Lipinski definition) is 1. The molecule has 76 valence electrons. The maximum Gasteiger partial charge on any atom is 0.243 e. The number of rotatable bonds is 6. The van der Waals surface area contributed by atoms with Gasteiger partial charge < -0.3 is 5.32 Å². The maximum absolute atomic E-state index is 11.1. The van der Waals surface area contributed by atoms with E-state index in [1.54, 1.807) is 0 Å². The van der Waals surface area contributed by atoms with Gasteiger partial charge in [0, 0.05) is 5.54 Å². The molecule has 0 bridgehead atoms. The molecule has 0 fully saturated rings. The Morgan fingerprint density at radius 3 is 2.15 bits per heavy atom. The summed E-state index contributed by atoms with van der Waals surface area (Å²) in [4.78, 5) is 11.1. The van der Waals surface area contributed by atoms with E-state index in [1.165, 1.54) is 6.08 Å². The van der Waals surface area contributed by atoms with Crippen LogP contribution in [0.15, 0.2) is 12.7 Å². The number of nitrogens with one attached hydrogen (secondary N) is 1. The van der Waals surface area contributed by atoms with Crippen LogP contribution < -0.4 is 5.32 Å². The summed E-state index contributed by atoms with van der Waals surface area (Å²) in [6.07, 6.45) is 5.58. The molecule has 1 N–H and O–H groups in total. The van der Waals surface area contributed by atoms with Gasteiger partial charge in [0.1, 0.15) is 0 Å². The zero-order valence-corrected chi connectivity index (χ0v) is 9.02. The highest BCUT2D eigenvalue weighted by atomic mass is 16.1. The number of amides is 1. The molecule has 0 saturated heterocycles. The Kier molecular flexibility index (Phi) is 5.44. The fraction of sp³-hybridized carbons (Fsp3) is 0.727. The molecule has 0 saturated carbocycles. The minimum Gasteiger partial charge on any atom is -0.347 e. The summed E-state index contributed by atoms with van der Waals surface area (Å²) in [7, 11) is 0. The van der Waals surface area contributed by atoms with Crippen LogP contribution in [0.4, 0.5) is 0 Å². The van der Waals surface area contributed by atoms with Crippen molar-refractivity contribution in [2.45, 2.75) is 52.0 Å². The van der Waals surface area contributed by atoms with Crippen LogP contribution in [-0.4, -0.2) is 11.4 Å². The fourth-order valence-electron chi connectivity index (χ4n) is 1.70. The van der Waals surface area contributed by atoms with Crippen LogP contribution in [0.3, 0.4) is 0 Å². The Labute approximate surface area is 81.4 Å². The van der Waals surface area contributed by atoms with Crippen molar-refractivity contribution < 1.29 is 4.79 Å². The molecule has 2 heteroatoms. The van der Waals surface area contributed by atoms with Crippen molar-refractivity contribution in [3.05, 3.63) is 12.7 Å². The van der Waals surface area contributed by atoms with Gasteiger partial charge >= 0.3 is 0 Å². The van der Waals surface area contributed by atoms with E-state index < -0.39 is 0 Å². The molecule has 0 heterocycles. The summed E-state index contributed by atoms with van der Waals surface area (Å²) >= 11 is 0. The average molecular weight is 183 g/mol. The van der Waals surface area contributed by atoms with E-state index in [0.29, 0.717) is 0 Å². The number of carbonyl (C=O) groups is 1. The van der Waals surface area contributed by atoms with Gasteiger partial charge in [-0.05, 0) is 25.8 Å². The minimum absolute atomic E-state index is 0.0469. The highest BCUT2D eigenvalue weighted by Gasteiger charge is 2.22. The molecular formula is C11H21NO. The normalized spacial score (nSPS) is 11.0.